The third-order valence-electron chi connectivity index (χ3n) is 2.29. The van der Waals surface area contributed by atoms with Gasteiger partial charge in [-0.3, -0.25) is 4.79 Å². The van der Waals surface area contributed by atoms with Crippen LogP contribution in [0.15, 0.2) is 6.07 Å². The van der Waals surface area contributed by atoms with Gasteiger partial charge in [-0.15, -0.1) is 0 Å². The Morgan fingerprint density at radius 1 is 1.47 bits per heavy atom. The Labute approximate surface area is 100 Å². The summed E-state index contributed by atoms with van der Waals surface area (Å²) < 4.78 is 10.1. The Hall–Kier alpha value is -1.79. The first-order valence-corrected chi connectivity index (χ1v) is 4.92. The molecule has 0 spiro atoms. The molecule has 6 nitrogen and oxygen atoms in total. The van der Waals surface area contributed by atoms with Crippen molar-refractivity contribution in [1.29, 1.82) is 0 Å². The van der Waals surface area contributed by atoms with E-state index in [0.29, 0.717) is 6.29 Å². The van der Waals surface area contributed by atoms with Crippen LogP contribution in [0.3, 0.4) is 0 Å². The number of carbonyl (C=O) groups excluding carboxylic acids is 1. The van der Waals surface area contributed by atoms with Gasteiger partial charge in [0, 0.05) is 0 Å². The van der Waals surface area contributed by atoms with E-state index in [1.165, 1.54) is 6.07 Å². The van der Waals surface area contributed by atoms with Gasteiger partial charge in [0.05, 0.1) is 16.1 Å². The lowest BCUT2D eigenvalue weighted by molar-refractivity contribution is -0.147. The minimum absolute atomic E-state index is 0.00509. The fourth-order valence-electron chi connectivity index (χ4n) is 1.55. The number of fused-ring (bicyclic) bond motifs is 1. The maximum Gasteiger partial charge on any atom is 0.337 e. The normalized spacial score (nSPS) is 14.5. The van der Waals surface area contributed by atoms with Gasteiger partial charge in [0.1, 0.15) is 0 Å². The second kappa shape index (κ2) is 4.23. The maximum absolute atomic E-state index is 10.8. The summed E-state index contributed by atoms with van der Waals surface area (Å²) in [7, 11) is 0. The average molecular weight is 259 g/mol. The van der Waals surface area contributed by atoms with Crippen molar-refractivity contribution in [2.75, 3.05) is 6.79 Å². The molecule has 90 valence electrons. The zero-order chi connectivity index (χ0) is 12.6. The highest BCUT2D eigenvalue weighted by atomic mass is 35.5. The Morgan fingerprint density at radius 3 is 2.71 bits per heavy atom. The number of carboxylic acids is 1. The molecule has 17 heavy (non-hydrogen) atoms. The van der Waals surface area contributed by atoms with E-state index in [-0.39, 0.29) is 34.4 Å². The van der Waals surface area contributed by atoms with Crippen LogP contribution in [-0.4, -0.2) is 29.3 Å². The van der Waals surface area contributed by atoms with Crippen molar-refractivity contribution in [2.24, 2.45) is 0 Å². The lowest BCUT2D eigenvalue weighted by Crippen LogP contribution is -2.12. The molecule has 1 aromatic carbocycles. The smallest absolute Gasteiger partial charge is 0.337 e. The highest BCUT2D eigenvalue weighted by Crippen LogP contribution is 2.44. The number of halogens is 1. The number of aliphatic hydroxyl groups excluding tert-OH is 1. The van der Waals surface area contributed by atoms with E-state index in [4.69, 9.17) is 26.2 Å². The molecule has 2 rings (SSSR count). The van der Waals surface area contributed by atoms with Gasteiger partial charge in [-0.2, -0.15) is 0 Å². The van der Waals surface area contributed by atoms with Gasteiger partial charge in [-0.1, -0.05) is 11.6 Å². The van der Waals surface area contributed by atoms with E-state index in [9.17, 15) is 14.7 Å². The van der Waals surface area contributed by atoms with E-state index in [0.717, 1.165) is 0 Å². The van der Waals surface area contributed by atoms with E-state index < -0.39 is 12.1 Å². The molecule has 1 heterocycles. The minimum Gasteiger partial charge on any atom is -0.479 e. The lowest BCUT2D eigenvalue weighted by atomic mass is 10.0. The molecule has 0 bridgehead atoms. The van der Waals surface area contributed by atoms with Crippen LogP contribution in [0, 0.1) is 0 Å². The Kier molecular flexibility index (Phi) is 2.91. The molecule has 0 aliphatic carbocycles. The number of rotatable bonds is 3. The fourth-order valence-corrected chi connectivity index (χ4v) is 1.85. The number of carboxylic acid groups (broad SMARTS) is 1. The van der Waals surface area contributed by atoms with Crippen LogP contribution in [0.2, 0.25) is 5.02 Å². The van der Waals surface area contributed by atoms with Gasteiger partial charge in [-0.25, -0.2) is 4.79 Å². The third-order valence-corrected chi connectivity index (χ3v) is 2.61. The van der Waals surface area contributed by atoms with Gasteiger partial charge in [0.25, 0.3) is 0 Å². The molecule has 1 aromatic rings. The quantitative estimate of drug-likeness (QED) is 0.786. The highest BCUT2D eigenvalue weighted by Gasteiger charge is 2.31. The summed E-state index contributed by atoms with van der Waals surface area (Å²) in [5, 5.41) is 18.2. The number of aldehydes is 1. The van der Waals surface area contributed by atoms with Crippen LogP contribution in [0.4, 0.5) is 0 Å². The van der Waals surface area contributed by atoms with Crippen molar-refractivity contribution in [3.05, 3.63) is 22.2 Å². The fraction of sp³-hybridized carbons (Fsp3) is 0.200. The van der Waals surface area contributed by atoms with Gasteiger partial charge >= 0.3 is 5.97 Å². The first-order valence-electron chi connectivity index (χ1n) is 4.54. The van der Waals surface area contributed by atoms with Crippen molar-refractivity contribution < 1.29 is 29.3 Å². The molecule has 0 saturated carbocycles. The first kappa shape index (κ1) is 11.7. The molecule has 1 aliphatic rings. The molecule has 0 radical (unpaired) electrons. The summed E-state index contributed by atoms with van der Waals surface area (Å²) in [5.41, 5.74) is 0.0288. The van der Waals surface area contributed by atoms with Crippen LogP contribution in [-0.2, 0) is 4.79 Å². The van der Waals surface area contributed by atoms with Crippen LogP contribution in [0.1, 0.15) is 22.0 Å². The van der Waals surface area contributed by atoms with Crippen molar-refractivity contribution >= 4 is 23.9 Å². The number of carbonyl (C=O) groups is 2. The first-order chi connectivity index (χ1) is 8.06. The predicted octanol–water partition coefficient (Wildman–Crippen LogP) is 0.999. The van der Waals surface area contributed by atoms with Crippen LogP contribution in [0.5, 0.6) is 11.5 Å². The summed E-state index contributed by atoms with van der Waals surface area (Å²) in [6, 6.07) is 1.23. The summed E-state index contributed by atoms with van der Waals surface area (Å²) in [6.07, 6.45) is -1.32. The predicted molar refractivity (Wildman–Crippen MR) is 55.6 cm³/mol. The van der Waals surface area contributed by atoms with E-state index >= 15 is 0 Å². The zero-order valence-electron chi connectivity index (χ0n) is 8.34. The summed E-state index contributed by atoms with van der Waals surface area (Å²) in [4.78, 5) is 21.5. The van der Waals surface area contributed by atoms with E-state index in [1.54, 1.807) is 0 Å². The lowest BCUT2D eigenvalue weighted by Gasteiger charge is -2.12. The second-order valence-corrected chi connectivity index (χ2v) is 3.69. The molecule has 0 fully saturated rings. The van der Waals surface area contributed by atoms with Gasteiger partial charge in [-0.05, 0) is 6.07 Å². The summed E-state index contributed by atoms with van der Waals surface area (Å²) >= 11 is 5.81. The van der Waals surface area contributed by atoms with Crippen LogP contribution >= 0.6 is 11.6 Å². The van der Waals surface area contributed by atoms with Crippen LogP contribution in [0.25, 0.3) is 0 Å². The molecule has 0 aromatic heterocycles. The Balaban J connectivity index is 2.65. The third kappa shape index (κ3) is 1.81. The number of benzene rings is 1. The molecule has 2 N–H and O–H groups in total. The van der Waals surface area contributed by atoms with Gasteiger partial charge < -0.3 is 19.7 Å². The van der Waals surface area contributed by atoms with E-state index in [2.05, 4.69) is 0 Å². The SMILES string of the molecule is O=Cc1cc(Cl)c(C(O)C(=O)O)c2c1OCO2. The maximum atomic E-state index is 10.8. The largest absolute Gasteiger partial charge is 0.479 e. The Bertz CT molecular complexity index is 498. The van der Waals surface area contributed by atoms with Gasteiger partial charge in [0.2, 0.25) is 6.79 Å². The number of ether oxygens (including phenoxy) is 2. The molecule has 7 heteroatoms. The minimum atomic E-state index is -1.83. The van der Waals surface area contributed by atoms with Crippen molar-refractivity contribution in [2.45, 2.75) is 6.10 Å². The van der Waals surface area contributed by atoms with Crippen molar-refractivity contribution in [3.8, 4) is 11.5 Å². The van der Waals surface area contributed by atoms with Crippen molar-refractivity contribution in [3.63, 3.8) is 0 Å². The topological polar surface area (TPSA) is 93.1 Å². The molecule has 0 amide bonds. The number of hydrogen-bond acceptors (Lipinski definition) is 5. The molecular weight excluding hydrogens is 252 g/mol. The van der Waals surface area contributed by atoms with Gasteiger partial charge in [0.15, 0.2) is 23.9 Å². The monoisotopic (exact) mass is 258 g/mol. The molecule has 1 unspecified atom stereocenters. The molecule has 0 saturated heterocycles. The average Bonchev–Trinajstić information content (AvgIpc) is 2.75. The number of aliphatic hydroxyl groups is 1. The molecule has 1 aliphatic heterocycles. The second-order valence-electron chi connectivity index (χ2n) is 3.28. The zero-order valence-corrected chi connectivity index (χ0v) is 9.10. The summed E-state index contributed by atoms with van der Waals surface area (Å²) in [6.45, 7) is -0.157. The van der Waals surface area contributed by atoms with E-state index in [1.807, 2.05) is 0 Å². The van der Waals surface area contributed by atoms with Crippen molar-refractivity contribution in [1.82, 2.24) is 0 Å². The summed E-state index contributed by atoms with van der Waals surface area (Å²) in [5.74, 6) is -1.38. The molecule has 1 atom stereocenters. The van der Waals surface area contributed by atoms with Crippen LogP contribution < -0.4 is 9.47 Å². The Morgan fingerprint density at radius 2 is 2.12 bits per heavy atom. The molecular formula is C10H7ClO6. The number of hydrogen-bond donors (Lipinski definition) is 2. The number of aliphatic carboxylic acids is 1. The highest BCUT2D eigenvalue weighted by molar-refractivity contribution is 6.32. The standard InChI is InChI=1S/C10H7ClO6/c11-5-1-4(2-12)8-9(17-3-16-8)6(5)7(13)10(14)15/h1-2,7,13H,3H2,(H,14,15).